The fourth-order valence-electron chi connectivity index (χ4n) is 2.79. The van der Waals surface area contributed by atoms with Crippen LogP contribution in [0, 0.1) is 5.41 Å². The van der Waals surface area contributed by atoms with Gasteiger partial charge in [0, 0.05) is 11.8 Å². The Hall–Kier alpha value is -1.06. The van der Waals surface area contributed by atoms with Gasteiger partial charge in [0.05, 0.1) is 6.61 Å². The Morgan fingerprint density at radius 2 is 1.74 bits per heavy atom. The van der Waals surface area contributed by atoms with Gasteiger partial charge in [0.15, 0.2) is 0 Å². The highest BCUT2D eigenvalue weighted by molar-refractivity contribution is 5.84. The average Bonchev–Trinajstić information content (AvgIpc) is 2.39. The fraction of sp³-hybridized carbons (Fsp3) is 0.867. The van der Waals surface area contributed by atoms with Gasteiger partial charge in [-0.1, -0.05) is 33.1 Å². The van der Waals surface area contributed by atoms with E-state index >= 15 is 0 Å². The minimum Gasteiger partial charge on any atom is -0.463 e. The number of carbonyl (C=O) groups is 2. The van der Waals surface area contributed by atoms with Gasteiger partial charge in [-0.3, -0.25) is 4.79 Å². The van der Waals surface area contributed by atoms with Crippen molar-refractivity contribution < 1.29 is 19.1 Å². The van der Waals surface area contributed by atoms with Crippen molar-refractivity contribution in [2.24, 2.45) is 5.41 Å². The summed E-state index contributed by atoms with van der Waals surface area (Å²) in [6.45, 7) is 7.55. The van der Waals surface area contributed by atoms with E-state index in [1.165, 1.54) is 6.42 Å². The Balaban J connectivity index is 3.02. The Labute approximate surface area is 115 Å². The monoisotopic (exact) mass is 270 g/mol. The van der Waals surface area contributed by atoms with Crippen LogP contribution in [-0.2, 0) is 19.1 Å². The van der Waals surface area contributed by atoms with Crippen LogP contribution in [0.25, 0.3) is 0 Å². The van der Waals surface area contributed by atoms with E-state index in [1.807, 2.05) is 6.92 Å². The Morgan fingerprint density at radius 1 is 1.16 bits per heavy atom. The molecule has 0 aromatic carbocycles. The minimum absolute atomic E-state index is 0.269. The lowest BCUT2D eigenvalue weighted by Gasteiger charge is -2.45. The summed E-state index contributed by atoms with van der Waals surface area (Å²) in [5.74, 6) is -0.761. The number of ether oxygens (including phenoxy) is 2. The molecule has 1 unspecified atom stereocenters. The summed E-state index contributed by atoms with van der Waals surface area (Å²) in [6, 6.07) is 0. The lowest BCUT2D eigenvalue weighted by Crippen LogP contribution is -2.55. The van der Waals surface area contributed by atoms with Crippen LogP contribution in [0.3, 0.4) is 0 Å². The van der Waals surface area contributed by atoms with E-state index in [9.17, 15) is 9.59 Å². The van der Waals surface area contributed by atoms with Gasteiger partial charge >= 0.3 is 11.9 Å². The lowest BCUT2D eigenvalue weighted by atomic mass is 9.65. The van der Waals surface area contributed by atoms with Crippen LogP contribution < -0.4 is 0 Å². The molecule has 1 rings (SSSR count). The standard InChI is InChI=1S/C15H26O4/c1-5-12(16)19-15(4,13(17)18-6-2)14(3)10-8-7-9-11-14/h5-11H2,1-4H3. The van der Waals surface area contributed by atoms with Gasteiger partial charge in [0.1, 0.15) is 0 Å². The van der Waals surface area contributed by atoms with Crippen molar-refractivity contribution in [3.8, 4) is 0 Å². The smallest absolute Gasteiger partial charge is 0.350 e. The van der Waals surface area contributed by atoms with Crippen LogP contribution >= 0.6 is 0 Å². The summed E-state index contributed by atoms with van der Waals surface area (Å²) < 4.78 is 10.7. The van der Waals surface area contributed by atoms with Crippen molar-refractivity contribution in [3.63, 3.8) is 0 Å². The van der Waals surface area contributed by atoms with E-state index in [4.69, 9.17) is 9.47 Å². The third kappa shape index (κ3) is 3.28. The van der Waals surface area contributed by atoms with Crippen molar-refractivity contribution in [1.29, 1.82) is 0 Å². The van der Waals surface area contributed by atoms with E-state index in [2.05, 4.69) is 0 Å². The Kier molecular flexibility index (Phi) is 5.39. The van der Waals surface area contributed by atoms with Gasteiger partial charge in [-0.2, -0.15) is 0 Å². The summed E-state index contributed by atoms with van der Waals surface area (Å²) in [4.78, 5) is 24.0. The molecular weight excluding hydrogens is 244 g/mol. The highest BCUT2D eigenvalue weighted by atomic mass is 16.6. The maximum absolute atomic E-state index is 12.3. The fourth-order valence-corrected chi connectivity index (χ4v) is 2.79. The normalized spacial score (nSPS) is 21.3. The van der Waals surface area contributed by atoms with Gasteiger partial charge in [-0.05, 0) is 26.7 Å². The molecule has 1 fully saturated rings. The van der Waals surface area contributed by atoms with Crippen molar-refractivity contribution in [2.45, 2.75) is 71.8 Å². The van der Waals surface area contributed by atoms with Crippen LogP contribution in [0.2, 0.25) is 0 Å². The molecule has 0 radical (unpaired) electrons. The lowest BCUT2D eigenvalue weighted by molar-refractivity contribution is -0.199. The summed E-state index contributed by atoms with van der Waals surface area (Å²) in [5, 5.41) is 0. The number of rotatable bonds is 5. The molecule has 0 amide bonds. The second-order valence-electron chi connectivity index (χ2n) is 5.70. The van der Waals surface area contributed by atoms with Crippen LogP contribution in [0.15, 0.2) is 0 Å². The zero-order chi connectivity index (χ0) is 14.5. The quantitative estimate of drug-likeness (QED) is 0.720. The van der Waals surface area contributed by atoms with Crippen molar-refractivity contribution in [1.82, 2.24) is 0 Å². The highest BCUT2D eigenvalue weighted by Crippen LogP contribution is 2.47. The first-order valence-electron chi connectivity index (χ1n) is 7.28. The van der Waals surface area contributed by atoms with Gasteiger partial charge in [0.2, 0.25) is 5.60 Å². The van der Waals surface area contributed by atoms with Crippen LogP contribution in [0.5, 0.6) is 0 Å². The Bertz CT molecular complexity index is 331. The molecule has 0 saturated heterocycles. The SMILES string of the molecule is CCOC(=O)C(C)(OC(=O)CC)C1(C)CCCCC1. The van der Waals surface area contributed by atoms with E-state index in [0.29, 0.717) is 6.61 Å². The molecule has 1 atom stereocenters. The average molecular weight is 270 g/mol. The van der Waals surface area contributed by atoms with Gasteiger partial charge in [0.25, 0.3) is 0 Å². The van der Waals surface area contributed by atoms with Crippen molar-refractivity contribution in [3.05, 3.63) is 0 Å². The molecule has 0 aromatic rings. The molecule has 1 aliphatic rings. The highest BCUT2D eigenvalue weighted by Gasteiger charge is 2.54. The van der Waals surface area contributed by atoms with Gasteiger partial charge in [-0.25, -0.2) is 4.79 Å². The summed E-state index contributed by atoms with van der Waals surface area (Å²) in [7, 11) is 0. The van der Waals surface area contributed by atoms with E-state index in [0.717, 1.165) is 25.7 Å². The predicted octanol–water partition coefficient (Wildman–Crippen LogP) is 3.23. The second-order valence-corrected chi connectivity index (χ2v) is 5.70. The summed E-state index contributed by atoms with van der Waals surface area (Å²) in [6.07, 6.45) is 5.35. The van der Waals surface area contributed by atoms with E-state index < -0.39 is 11.6 Å². The molecule has 4 heteroatoms. The maximum Gasteiger partial charge on any atom is 0.350 e. The molecule has 19 heavy (non-hydrogen) atoms. The predicted molar refractivity (Wildman–Crippen MR) is 72.6 cm³/mol. The molecule has 0 spiro atoms. The van der Waals surface area contributed by atoms with E-state index in [-0.39, 0.29) is 17.8 Å². The number of esters is 2. The Morgan fingerprint density at radius 3 is 2.21 bits per heavy atom. The summed E-state index contributed by atoms with van der Waals surface area (Å²) in [5.41, 5.74) is -1.50. The third-order valence-corrected chi connectivity index (χ3v) is 4.38. The molecule has 4 nitrogen and oxygen atoms in total. The topological polar surface area (TPSA) is 52.6 Å². The van der Waals surface area contributed by atoms with Gasteiger partial charge in [-0.15, -0.1) is 0 Å². The third-order valence-electron chi connectivity index (χ3n) is 4.38. The molecule has 110 valence electrons. The van der Waals surface area contributed by atoms with Crippen LogP contribution in [0.4, 0.5) is 0 Å². The zero-order valence-corrected chi connectivity index (χ0v) is 12.6. The second kappa shape index (κ2) is 6.40. The molecule has 1 aliphatic carbocycles. The van der Waals surface area contributed by atoms with Crippen LogP contribution in [0.1, 0.15) is 66.2 Å². The first-order chi connectivity index (χ1) is 8.89. The first-order valence-corrected chi connectivity index (χ1v) is 7.28. The zero-order valence-electron chi connectivity index (χ0n) is 12.6. The first kappa shape index (κ1) is 16.0. The van der Waals surface area contributed by atoms with Crippen LogP contribution in [-0.4, -0.2) is 24.1 Å². The molecule has 0 bridgehead atoms. The van der Waals surface area contributed by atoms with Crippen molar-refractivity contribution >= 4 is 11.9 Å². The maximum atomic E-state index is 12.3. The molecule has 0 N–H and O–H groups in total. The van der Waals surface area contributed by atoms with Gasteiger partial charge < -0.3 is 9.47 Å². The molecule has 0 aromatic heterocycles. The molecule has 0 heterocycles. The summed E-state index contributed by atoms with van der Waals surface area (Å²) >= 11 is 0. The molecule has 0 aliphatic heterocycles. The molecular formula is C15H26O4. The van der Waals surface area contributed by atoms with Crippen molar-refractivity contribution in [2.75, 3.05) is 6.61 Å². The number of carbonyl (C=O) groups excluding carboxylic acids is 2. The number of hydrogen-bond donors (Lipinski definition) is 0. The number of hydrogen-bond acceptors (Lipinski definition) is 4. The molecule has 1 saturated carbocycles. The minimum atomic E-state index is -1.17. The van der Waals surface area contributed by atoms with E-state index in [1.54, 1.807) is 20.8 Å². The largest absolute Gasteiger partial charge is 0.463 e.